The Balaban J connectivity index is 1.29. The minimum absolute atomic E-state index is 0.126. The van der Waals surface area contributed by atoms with Crippen LogP contribution in [0.1, 0.15) is 13.3 Å². The number of carbonyl (C=O) groups is 1. The highest BCUT2D eigenvalue weighted by Gasteiger charge is 2.13. The molecule has 0 unspecified atom stereocenters. The summed E-state index contributed by atoms with van der Waals surface area (Å²) in [6.45, 7) is 2.76. The van der Waals surface area contributed by atoms with Crippen LogP contribution in [-0.4, -0.2) is 33.4 Å². The van der Waals surface area contributed by atoms with Gasteiger partial charge in [0, 0.05) is 21.5 Å². The lowest BCUT2D eigenvalue weighted by Gasteiger charge is -2.04. The van der Waals surface area contributed by atoms with Crippen LogP contribution in [0.25, 0.3) is 22.7 Å². The molecule has 1 amide bonds. The van der Waals surface area contributed by atoms with Crippen molar-refractivity contribution in [3.8, 4) is 28.5 Å². The quantitative estimate of drug-likeness (QED) is 0.289. The summed E-state index contributed by atoms with van der Waals surface area (Å²) in [5, 5.41) is 14.2. The zero-order valence-electron chi connectivity index (χ0n) is 17.1. The summed E-state index contributed by atoms with van der Waals surface area (Å²) in [6, 6.07) is 14.8. The molecule has 2 heterocycles. The molecule has 164 valence electrons. The number of ether oxygens (including phenoxy) is 1. The first-order chi connectivity index (χ1) is 15.6. The van der Waals surface area contributed by atoms with E-state index in [2.05, 4.69) is 27.4 Å². The van der Waals surface area contributed by atoms with Gasteiger partial charge in [-0.3, -0.25) is 4.79 Å². The van der Waals surface area contributed by atoms with Crippen LogP contribution in [0.2, 0.25) is 5.02 Å². The first-order valence-corrected chi connectivity index (χ1v) is 12.1. The number of nitrogens with one attached hydrogen (secondary N) is 1. The lowest BCUT2D eigenvalue weighted by molar-refractivity contribution is -0.113. The van der Waals surface area contributed by atoms with E-state index in [0.29, 0.717) is 27.9 Å². The summed E-state index contributed by atoms with van der Waals surface area (Å²) in [6.07, 6.45) is 0.963. The second kappa shape index (κ2) is 10.6. The van der Waals surface area contributed by atoms with E-state index >= 15 is 0 Å². The first-order valence-electron chi connectivity index (χ1n) is 9.81. The summed E-state index contributed by atoms with van der Waals surface area (Å²) >= 11 is 8.42. The van der Waals surface area contributed by atoms with E-state index in [1.807, 2.05) is 29.6 Å². The van der Waals surface area contributed by atoms with Crippen molar-refractivity contribution in [1.82, 2.24) is 15.2 Å². The number of nitrogens with zero attached hydrogens (tertiary/aromatic N) is 3. The molecule has 0 bridgehead atoms. The van der Waals surface area contributed by atoms with Crippen molar-refractivity contribution in [3.63, 3.8) is 0 Å². The second-order valence-electron chi connectivity index (χ2n) is 6.63. The fourth-order valence-corrected chi connectivity index (χ4v) is 4.09. The van der Waals surface area contributed by atoms with Gasteiger partial charge in [0.05, 0.1) is 18.1 Å². The number of thiazole rings is 1. The number of rotatable bonds is 9. The Morgan fingerprint density at radius 3 is 2.62 bits per heavy atom. The molecule has 32 heavy (non-hydrogen) atoms. The number of amides is 1. The molecule has 0 aliphatic rings. The average molecular weight is 487 g/mol. The Hall–Kier alpha value is -2.88. The second-order valence-corrected chi connectivity index (χ2v) is 8.85. The van der Waals surface area contributed by atoms with E-state index in [4.69, 9.17) is 20.8 Å². The third-order valence-electron chi connectivity index (χ3n) is 4.20. The van der Waals surface area contributed by atoms with E-state index < -0.39 is 0 Å². The maximum absolute atomic E-state index is 12.3. The van der Waals surface area contributed by atoms with Crippen LogP contribution in [0.4, 0.5) is 5.13 Å². The Morgan fingerprint density at radius 2 is 1.88 bits per heavy atom. The summed E-state index contributed by atoms with van der Waals surface area (Å²) in [5.74, 6) is 1.13. The molecule has 2 aromatic carbocycles. The number of carbonyl (C=O) groups excluding carboxylic acids is 1. The summed E-state index contributed by atoms with van der Waals surface area (Å²) in [5.41, 5.74) is 2.52. The predicted molar refractivity (Wildman–Crippen MR) is 127 cm³/mol. The number of hydrogen-bond donors (Lipinski definition) is 1. The minimum atomic E-state index is -0.203. The third kappa shape index (κ3) is 5.87. The summed E-state index contributed by atoms with van der Waals surface area (Å²) in [7, 11) is 0. The van der Waals surface area contributed by atoms with E-state index in [-0.39, 0.29) is 11.7 Å². The lowest BCUT2D eigenvalue weighted by atomic mass is 10.2. The smallest absolute Gasteiger partial charge is 0.277 e. The highest BCUT2D eigenvalue weighted by molar-refractivity contribution is 7.99. The van der Waals surface area contributed by atoms with Gasteiger partial charge in [-0.25, -0.2) is 4.98 Å². The molecule has 0 spiro atoms. The van der Waals surface area contributed by atoms with Gasteiger partial charge < -0.3 is 14.5 Å². The van der Waals surface area contributed by atoms with Gasteiger partial charge in [-0.1, -0.05) is 30.3 Å². The van der Waals surface area contributed by atoms with Crippen molar-refractivity contribution >= 4 is 45.7 Å². The zero-order chi connectivity index (χ0) is 22.3. The predicted octanol–water partition coefficient (Wildman–Crippen LogP) is 6.03. The lowest BCUT2D eigenvalue weighted by Crippen LogP contribution is -2.13. The average Bonchev–Trinajstić information content (AvgIpc) is 3.47. The number of hydrogen-bond acceptors (Lipinski definition) is 8. The number of thioether (sulfide) groups is 1. The van der Waals surface area contributed by atoms with Crippen molar-refractivity contribution in [3.05, 3.63) is 58.9 Å². The fraction of sp³-hybridized carbons (Fsp3) is 0.182. The van der Waals surface area contributed by atoms with E-state index in [1.165, 1.54) is 11.3 Å². The molecule has 1 N–H and O–H groups in total. The van der Waals surface area contributed by atoms with E-state index in [0.717, 1.165) is 40.8 Å². The molecule has 4 aromatic rings. The number of aromatic nitrogens is 3. The molecule has 0 saturated carbocycles. The number of benzene rings is 2. The molecule has 0 aliphatic carbocycles. The van der Waals surface area contributed by atoms with Crippen LogP contribution in [0.15, 0.2) is 63.6 Å². The molecule has 2 aromatic heterocycles. The van der Waals surface area contributed by atoms with Crippen molar-refractivity contribution < 1.29 is 13.9 Å². The van der Waals surface area contributed by atoms with Gasteiger partial charge in [-0.05, 0) is 55.0 Å². The fourth-order valence-electron chi connectivity index (χ4n) is 2.67. The van der Waals surface area contributed by atoms with Crippen LogP contribution in [-0.2, 0) is 4.79 Å². The number of anilines is 1. The Morgan fingerprint density at radius 1 is 1.12 bits per heavy atom. The third-order valence-corrected chi connectivity index (χ3v) is 6.03. The normalized spacial score (nSPS) is 10.8. The van der Waals surface area contributed by atoms with Gasteiger partial charge in [0.25, 0.3) is 5.22 Å². The number of halogens is 1. The van der Waals surface area contributed by atoms with Crippen molar-refractivity contribution in [2.24, 2.45) is 0 Å². The van der Waals surface area contributed by atoms with Crippen LogP contribution in [0.5, 0.6) is 5.75 Å². The monoisotopic (exact) mass is 486 g/mol. The van der Waals surface area contributed by atoms with Crippen LogP contribution in [0.3, 0.4) is 0 Å². The minimum Gasteiger partial charge on any atom is -0.494 e. The summed E-state index contributed by atoms with van der Waals surface area (Å²) in [4.78, 5) is 16.8. The highest BCUT2D eigenvalue weighted by atomic mass is 35.5. The van der Waals surface area contributed by atoms with Gasteiger partial charge >= 0.3 is 0 Å². The van der Waals surface area contributed by atoms with Gasteiger partial charge in [-0.15, -0.1) is 21.5 Å². The zero-order valence-corrected chi connectivity index (χ0v) is 19.5. The Kier molecular flexibility index (Phi) is 7.41. The van der Waals surface area contributed by atoms with Gasteiger partial charge in [0.1, 0.15) is 5.75 Å². The molecular formula is C22H19ClN4O3S2. The Bertz CT molecular complexity index is 1180. The topological polar surface area (TPSA) is 90.1 Å². The molecule has 0 radical (unpaired) electrons. The van der Waals surface area contributed by atoms with E-state index in [1.54, 1.807) is 24.3 Å². The van der Waals surface area contributed by atoms with Gasteiger partial charge in [-0.2, -0.15) is 0 Å². The summed E-state index contributed by atoms with van der Waals surface area (Å²) < 4.78 is 11.2. The van der Waals surface area contributed by atoms with E-state index in [9.17, 15) is 4.79 Å². The maximum Gasteiger partial charge on any atom is 0.277 e. The van der Waals surface area contributed by atoms with Crippen LogP contribution >= 0.6 is 34.7 Å². The van der Waals surface area contributed by atoms with Crippen LogP contribution < -0.4 is 10.1 Å². The molecule has 4 rings (SSSR count). The largest absolute Gasteiger partial charge is 0.494 e. The van der Waals surface area contributed by atoms with Crippen LogP contribution in [0, 0.1) is 0 Å². The van der Waals surface area contributed by atoms with Crippen molar-refractivity contribution in [2.75, 3.05) is 17.7 Å². The molecule has 0 saturated heterocycles. The standard InChI is InChI=1S/C22H19ClN4O3S2/c1-2-11-29-17-9-5-14(6-10-17)18-12-31-21(24-18)25-19(28)13-32-22-27-26-20(30-22)15-3-7-16(23)8-4-15/h3-10,12H,2,11,13H2,1H3,(H,24,25,28). The highest BCUT2D eigenvalue weighted by Crippen LogP contribution is 2.28. The molecule has 0 atom stereocenters. The molecular weight excluding hydrogens is 468 g/mol. The Labute approximate surface area is 198 Å². The SMILES string of the molecule is CCCOc1ccc(-c2csc(NC(=O)CSc3nnc(-c4ccc(Cl)cc4)o3)n2)cc1. The van der Waals surface area contributed by atoms with Gasteiger partial charge in [0.15, 0.2) is 5.13 Å². The van der Waals surface area contributed by atoms with Crippen molar-refractivity contribution in [2.45, 2.75) is 18.6 Å². The molecule has 10 heteroatoms. The molecule has 0 fully saturated rings. The molecule has 0 aliphatic heterocycles. The van der Waals surface area contributed by atoms with Gasteiger partial charge in [0.2, 0.25) is 11.8 Å². The molecule has 7 nitrogen and oxygen atoms in total. The first kappa shape index (κ1) is 22.3. The maximum atomic E-state index is 12.3. The van der Waals surface area contributed by atoms with Crippen molar-refractivity contribution in [1.29, 1.82) is 0 Å².